The number of rotatable bonds is 6. The second-order valence-corrected chi connectivity index (χ2v) is 8.03. The molecule has 166 valence electrons. The summed E-state index contributed by atoms with van der Waals surface area (Å²) < 4.78 is 12.7. The maximum absolute atomic E-state index is 12.5. The van der Waals surface area contributed by atoms with Crippen LogP contribution in [-0.2, 0) is 11.3 Å². The number of benzene rings is 1. The standard InChI is InChI=1S/C25H22N4O3S/c1-31-24(30)18-9-2-3-11-20(18)28-14-6-12-21(28)23-22(19-10-4-5-13-26-19)27-25(33)29(23)16-17-8-7-15-32-17/h2-15,22-23H,16H2,1H3,(H,27,33)/t22-,23+/m1/s1. The molecule has 4 heterocycles. The summed E-state index contributed by atoms with van der Waals surface area (Å²) in [5.41, 5.74) is 3.06. The van der Waals surface area contributed by atoms with Gasteiger partial charge >= 0.3 is 5.97 Å². The van der Waals surface area contributed by atoms with Gasteiger partial charge in [0.15, 0.2) is 5.11 Å². The highest BCUT2D eigenvalue weighted by molar-refractivity contribution is 7.80. The number of carbonyl (C=O) groups is 1. The molecule has 3 aromatic heterocycles. The van der Waals surface area contributed by atoms with Crippen molar-refractivity contribution in [3.05, 3.63) is 108 Å². The number of esters is 1. The van der Waals surface area contributed by atoms with Gasteiger partial charge in [0.25, 0.3) is 0 Å². The smallest absolute Gasteiger partial charge is 0.339 e. The van der Waals surface area contributed by atoms with Crippen molar-refractivity contribution in [2.24, 2.45) is 0 Å². The molecule has 0 spiro atoms. The Hall–Kier alpha value is -3.91. The predicted molar refractivity (Wildman–Crippen MR) is 127 cm³/mol. The molecule has 5 rings (SSSR count). The summed E-state index contributed by atoms with van der Waals surface area (Å²) in [6.07, 6.45) is 5.37. The number of methoxy groups -OCH3 is 1. The van der Waals surface area contributed by atoms with E-state index in [1.54, 1.807) is 18.5 Å². The molecule has 4 aromatic rings. The third kappa shape index (κ3) is 3.89. The molecule has 7 nitrogen and oxygen atoms in total. The maximum Gasteiger partial charge on any atom is 0.339 e. The van der Waals surface area contributed by atoms with E-state index in [1.165, 1.54) is 7.11 Å². The van der Waals surface area contributed by atoms with Crippen LogP contribution in [0.3, 0.4) is 0 Å². The predicted octanol–water partition coefficient (Wildman–Crippen LogP) is 4.42. The van der Waals surface area contributed by atoms with Crippen molar-refractivity contribution >= 4 is 23.3 Å². The Morgan fingerprint density at radius 1 is 1.12 bits per heavy atom. The van der Waals surface area contributed by atoms with Crippen molar-refractivity contribution in [3.63, 3.8) is 0 Å². The summed E-state index contributed by atoms with van der Waals surface area (Å²) in [5.74, 6) is 0.415. The molecular formula is C25H22N4O3S. The number of nitrogens with zero attached hydrogens (tertiary/aromatic N) is 3. The monoisotopic (exact) mass is 458 g/mol. The lowest BCUT2D eigenvalue weighted by atomic mass is 10.0. The minimum absolute atomic E-state index is 0.187. The van der Waals surface area contributed by atoms with E-state index in [2.05, 4.69) is 15.2 Å². The summed E-state index contributed by atoms with van der Waals surface area (Å²) >= 11 is 5.75. The van der Waals surface area contributed by atoms with Crippen molar-refractivity contribution < 1.29 is 13.9 Å². The van der Waals surface area contributed by atoms with Crippen LogP contribution in [0.25, 0.3) is 5.69 Å². The van der Waals surface area contributed by atoms with Gasteiger partial charge in [0.1, 0.15) is 5.76 Å². The average Bonchev–Trinajstić information content (AvgIpc) is 3.60. The zero-order valence-corrected chi connectivity index (χ0v) is 18.7. The second-order valence-electron chi connectivity index (χ2n) is 7.65. The Morgan fingerprint density at radius 2 is 1.97 bits per heavy atom. The lowest BCUT2D eigenvalue weighted by molar-refractivity contribution is 0.0600. The minimum Gasteiger partial charge on any atom is -0.467 e. The first-order valence-electron chi connectivity index (χ1n) is 10.5. The molecule has 0 radical (unpaired) electrons. The molecule has 1 aromatic carbocycles. The van der Waals surface area contributed by atoms with Crippen LogP contribution in [0.1, 0.15) is 39.6 Å². The highest BCUT2D eigenvalue weighted by atomic mass is 32.1. The Labute approximate surface area is 196 Å². The van der Waals surface area contributed by atoms with E-state index in [0.29, 0.717) is 17.2 Å². The molecular weight excluding hydrogens is 436 g/mol. The number of carbonyl (C=O) groups excluding carboxylic acids is 1. The minimum atomic E-state index is -0.390. The van der Waals surface area contributed by atoms with Crippen LogP contribution in [0.15, 0.2) is 89.8 Å². The fourth-order valence-corrected chi connectivity index (χ4v) is 4.59. The molecule has 1 N–H and O–H groups in total. The van der Waals surface area contributed by atoms with Gasteiger partial charge in [-0.15, -0.1) is 0 Å². The fourth-order valence-electron chi connectivity index (χ4n) is 4.29. The van der Waals surface area contributed by atoms with E-state index >= 15 is 0 Å². The van der Waals surface area contributed by atoms with Gasteiger partial charge in [-0.25, -0.2) is 4.79 Å². The summed E-state index contributed by atoms with van der Waals surface area (Å²) in [4.78, 5) is 19.2. The highest BCUT2D eigenvalue weighted by Gasteiger charge is 2.41. The van der Waals surface area contributed by atoms with Crippen molar-refractivity contribution in [2.45, 2.75) is 18.6 Å². The average molecular weight is 459 g/mol. The Morgan fingerprint density at radius 3 is 2.73 bits per heavy atom. The number of ether oxygens (including phenoxy) is 1. The third-order valence-electron chi connectivity index (χ3n) is 5.76. The summed E-state index contributed by atoms with van der Waals surface area (Å²) in [7, 11) is 1.39. The molecule has 33 heavy (non-hydrogen) atoms. The maximum atomic E-state index is 12.5. The van der Waals surface area contributed by atoms with Crippen LogP contribution in [0, 0.1) is 0 Å². The number of hydrogen-bond donors (Lipinski definition) is 1. The third-order valence-corrected chi connectivity index (χ3v) is 6.11. The van der Waals surface area contributed by atoms with Gasteiger partial charge in [-0.1, -0.05) is 18.2 Å². The molecule has 0 aliphatic carbocycles. The number of nitrogens with one attached hydrogen (secondary N) is 1. The van der Waals surface area contributed by atoms with Crippen molar-refractivity contribution in [3.8, 4) is 5.69 Å². The van der Waals surface area contributed by atoms with Crippen LogP contribution < -0.4 is 5.32 Å². The quantitative estimate of drug-likeness (QED) is 0.339. The van der Waals surface area contributed by atoms with Crippen molar-refractivity contribution in [2.75, 3.05) is 7.11 Å². The van der Waals surface area contributed by atoms with Gasteiger partial charge in [-0.05, 0) is 60.7 Å². The van der Waals surface area contributed by atoms with E-state index in [-0.39, 0.29) is 18.1 Å². The summed E-state index contributed by atoms with van der Waals surface area (Å²) in [6, 6.07) is 20.7. The zero-order chi connectivity index (χ0) is 22.8. The Kier molecular flexibility index (Phi) is 5.66. The Bertz CT molecular complexity index is 1270. The first-order valence-corrected chi connectivity index (χ1v) is 10.9. The van der Waals surface area contributed by atoms with Crippen LogP contribution in [0.2, 0.25) is 0 Å². The normalized spacial score (nSPS) is 17.7. The van der Waals surface area contributed by atoms with Gasteiger partial charge in [0.2, 0.25) is 0 Å². The molecule has 1 fully saturated rings. The molecule has 0 bridgehead atoms. The van der Waals surface area contributed by atoms with Gasteiger partial charge in [0.05, 0.1) is 48.9 Å². The number of hydrogen-bond acceptors (Lipinski definition) is 5. The van der Waals surface area contributed by atoms with Crippen molar-refractivity contribution in [1.29, 1.82) is 0 Å². The molecule has 0 amide bonds. The SMILES string of the molecule is COC(=O)c1ccccc1-n1cccc1[C@H]1[C@@H](c2ccccn2)NC(=S)N1Cc1ccco1. The fraction of sp³-hybridized carbons (Fsp3) is 0.160. The first kappa shape index (κ1) is 21.0. The highest BCUT2D eigenvalue weighted by Crippen LogP contribution is 2.40. The van der Waals surface area contributed by atoms with Crippen LogP contribution in [-0.4, -0.2) is 32.6 Å². The topological polar surface area (TPSA) is 72.5 Å². The molecule has 1 aliphatic heterocycles. The number of para-hydroxylation sites is 1. The van der Waals surface area contributed by atoms with Crippen LogP contribution in [0.5, 0.6) is 0 Å². The lowest BCUT2D eigenvalue weighted by Crippen LogP contribution is -2.30. The Balaban J connectivity index is 1.63. The van der Waals surface area contributed by atoms with Crippen LogP contribution >= 0.6 is 12.2 Å². The van der Waals surface area contributed by atoms with E-state index in [4.69, 9.17) is 21.4 Å². The molecule has 0 saturated carbocycles. The number of thiocarbonyl (C=S) groups is 1. The van der Waals surface area contributed by atoms with Crippen molar-refractivity contribution in [1.82, 2.24) is 19.8 Å². The van der Waals surface area contributed by atoms with Gasteiger partial charge in [-0.3, -0.25) is 4.98 Å². The van der Waals surface area contributed by atoms with Gasteiger partial charge in [0, 0.05) is 18.1 Å². The van der Waals surface area contributed by atoms with Gasteiger partial charge in [-0.2, -0.15) is 0 Å². The van der Waals surface area contributed by atoms with E-state index < -0.39 is 0 Å². The number of furan rings is 1. The summed E-state index contributed by atoms with van der Waals surface area (Å²) in [6.45, 7) is 0.497. The first-order chi connectivity index (χ1) is 16.2. The van der Waals surface area contributed by atoms with E-state index in [9.17, 15) is 4.79 Å². The summed E-state index contributed by atoms with van der Waals surface area (Å²) in [5, 5.41) is 4.06. The molecule has 1 saturated heterocycles. The molecule has 0 unspecified atom stereocenters. The lowest BCUT2D eigenvalue weighted by Gasteiger charge is -2.28. The molecule has 2 atom stereocenters. The molecule has 1 aliphatic rings. The number of aromatic nitrogens is 2. The zero-order valence-electron chi connectivity index (χ0n) is 17.9. The van der Waals surface area contributed by atoms with E-state index in [1.807, 2.05) is 71.4 Å². The van der Waals surface area contributed by atoms with E-state index in [0.717, 1.165) is 22.8 Å². The largest absolute Gasteiger partial charge is 0.467 e. The van der Waals surface area contributed by atoms with Gasteiger partial charge < -0.3 is 23.9 Å². The second kappa shape index (κ2) is 8.91. The van der Waals surface area contributed by atoms with Crippen LogP contribution in [0.4, 0.5) is 0 Å². The number of pyridine rings is 1. The molecule has 8 heteroatoms.